The van der Waals surface area contributed by atoms with Gasteiger partial charge in [-0.1, -0.05) is 13.8 Å². The first-order chi connectivity index (χ1) is 6.66. The molecule has 0 amide bonds. The summed E-state index contributed by atoms with van der Waals surface area (Å²) in [5.74, 6) is 0.196. The predicted octanol–water partition coefficient (Wildman–Crippen LogP) is 0.935. The van der Waals surface area contributed by atoms with E-state index >= 15 is 0 Å². The Morgan fingerprint density at radius 2 is 2.21 bits per heavy atom. The molecular weight excluding hydrogens is 182 g/mol. The van der Waals surface area contributed by atoms with Gasteiger partial charge in [-0.25, -0.2) is 4.79 Å². The Morgan fingerprint density at radius 1 is 1.50 bits per heavy atom. The number of carbonyl (C=O) groups is 1. The van der Waals surface area contributed by atoms with Crippen LogP contribution in [0.4, 0.5) is 0 Å². The average Bonchev–Trinajstić information content (AvgIpc) is 2.15. The summed E-state index contributed by atoms with van der Waals surface area (Å²) in [6, 6.07) is 0. The highest BCUT2D eigenvalue weighted by atomic mass is 16.5. The van der Waals surface area contributed by atoms with Crippen molar-refractivity contribution < 1.29 is 14.3 Å². The molecule has 0 radical (unpaired) electrons. The van der Waals surface area contributed by atoms with Gasteiger partial charge < -0.3 is 14.8 Å². The Hall–Kier alpha value is -1.03. The van der Waals surface area contributed by atoms with E-state index in [9.17, 15) is 4.79 Å². The number of esters is 1. The van der Waals surface area contributed by atoms with Crippen LogP contribution in [0.15, 0.2) is 12.3 Å². The van der Waals surface area contributed by atoms with Crippen LogP contribution in [-0.4, -0.2) is 32.8 Å². The highest BCUT2D eigenvalue weighted by molar-refractivity contribution is 5.81. The van der Waals surface area contributed by atoms with E-state index in [-0.39, 0.29) is 5.97 Å². The summed E-state index contributed by atoms with van der Waals surface area (Å²) < 4.78 is 9.73. The third kappa shape index (κ3) is 9.06. The van der Waals surface area contributed by atoms with E-state index in [1.807, 2.05) is 0 Å². The molecule has 82 valence electrons. The Kier molecular flexibility index (Phi) is 7.93. The minimum atomic E-state index is -0.361. The molecule has 4 heteroatoms. The van der Waals surface area contributed by atoms with E-state index in [1.54, 1.807) is 6.20 Å². The first-order valence-electron chi connectivity index (χ1n) is 4.72. The monoisotopic (exact) mass is 201 g/mol. The van der Waals surface area contributed by atoms with Crippen molar-refractivity contribution in [3.05, 3.63) is 12.3 Å². The van der Waals surface area contributed by atoms with Crippen LogP contribution in [0.3, 0.4) is 0 Å². The third-order valence-corrected chi connectivity index (χ3v) is 1.38. The fourth-order valence-corrected chi connectivity index (χ4v) is 0.728. The third-order valence-electron chi connectivity index (χ3n) is 1.38. The van der Waals surface area contributed by atoms with Crippen LogP contribution < -0.4 is 5.32 Å². The maximum Gasteiger partial charge on any atom is 0.331 e. The largest absolute Gasteiger partial charge is 0.466 e. The molecule has 0 aliphatic carbocycles. The standard InChI is InChI=1S/C10H19NO3/c1-9(2)8-14-7-6-11-5-4-10(12)13-3/h4-5,9,11H,6-8H2,1-3H3/b5-4+. The normalized spacial score (nSPS) is 10.9. The van der Waals surface area contributed by atoms with E-state index < -0.39 is 0 Å². The summed E-state index contributed by atoms with van der Waals surface area (Å²) in [4.78, 5) is 10.6. The van der Waals surface area contributed by atoms with Gasteiger partial charge in [0.15, 0.2) is 0 Å². The van der Waals surface area contributed by atoms with Crippen molar-refractivity contribution in [3.8, 4) is 0 Å². The lowest BCUT2D eigenvalue weighted by atomic mass is 10.2. The molecule has 0 aromatic carbocycles. The molecule has 14 heavy (non-hydrogen) atoms. The second-order valence-electron chi connectivity index (χ2n) is 3.28. The maximum atomic E-state index is 10.6. The van der Waals surface area contributed by atoms with E-state index in [0.29, 0.717) is 19.1 Å². The number of ether oxygens (including phenoxy) is 2. The van der Waals surface area contributed by atoms with Gasteiger partial charge in [0.25, 0.3) is 0 Å². The van der Waals surface area contributed by atoms with Gasteiger partial charge in [-0.05, 0) is 5.92 Å². The first-order valence-corrected chi connectivity index (χ1v) is 4.72. The molecule has 0 saturated carbocycles. The fourth-order valence-electron chi connectivity index (χ4n) is 0.728. The van der Waals surface area contributed by atoms with Crippen molar-refractivity contribution in [2.45, 2.75) is 13.8 Å². The van der Waals surface area contributed by atoms with Crippen LogP contribution in [0.5, 0.6) is 0 Å². The smallest absolute Gasteiger partial charge is 0.331 e. The maximum absolute atomic E-state index is 10.6. The molecule has 0 bridgehead atoms. The zero-order chi connectivity index (χ0) is 10.8. The van der Waals surface area contributed by atoms with Crippen LogP contribution >= 0.6 is 0 Å². The van der Waals surface area contributed by atoms with Crippen LogP contribution in [0, 0.1) is 5.92 Å². The zero-order valence-corrected chi connectivity index (χ0v) is 9.08. The zero-order valence-electron chi connectivity index (χ0n) is 9.08. The number of nitrogens with one attached hydrogen (secondary N) is 1. The minimum Gasteiger partial charge on any atom is -0.466 e. The average molecular weight is 201 g/mol. The highest BCUT2D eigenvalue weighted by Crippen LogP contribution is 1.90. The molecule has 0 aromatic heterocycles. The van der Waals surface area contributed by atoms with E-state index in [1.165, 1.54) is 13.2 Å². The molecule has 0 aliphatic rings. The molecular formula is C10H19NO3. The SMILES string of the molecule is COC(=O)/C=C/NCCOCC(C)C. The van der Waals surface area contributed by atoms with Crippen molar-refractivity contribution in [3.63, 3.8) is 0 Å². The van der Waals surface area contributed by atoms with E-state index in [4.69, 9.17) is 4.74 Å². The molecule has 4 nitrogen and oxygen atoms in total. The van der Waals surface area contributed by atoms with E-state index in [2.05, 4.69) is 23.9 Å². The van der Waals surface area contributed by atoms with Crippen molar-refractivity contribution >= 4 is 5.97 Å². The van der Waals surface area contributed by atoms with Crippen molar-refractivity contribution in [2.24, 2.45) is 5.92 Å². The van der Waals surface area contributed by atoms with Gasteiger partial charge in [0.2, 0.25) is 0 Å². The van der Waals surface area contributed by atoms with E-state index in [0.717, 1.165) is 6.61 Å². The molecule has 1 N–H and O–H groups in total. The highest BCUT2D eigenvalue weighted by Gasteiger charge is 1.92. The quantitative estimate of drug-likeness (QED) is 0.378. The Bertz CT molecular complexity index is 178. The number of methoxy groups -OCH3 is 1. The number of rotatable bonds is 7. The van der Waals surface area contributed by atoms with Crippen LogP contribution in [0.2, 0.25) is 0 Å². The van der Waals surface area contributed by atoms with Gasteiger partial charge in [-0.15, -0.1) is 0 Å². The molecule has 0 unspecified atom stereocenters. The molecule has 0 rings (SSSR count). The molecule has 0 heterocycles. The van der Waals surface area contributed by atoms with Gasteiger partial charge in [0, 0.05) is 25.4 Å². The molecule has 0 saturated heterocycles. The molecule has 0 atom stereocenters. The number of hydrogen-bond donors (Lipinski definition) is 1. The lowest BCUT2D eigenvalue weighted by Gasteiger charge is -2.06. The summed E-state index contributed by atoms with van der Waals surface area (Å²) in [6.07, 6.45) is 2.90. The van der Waals surface area contributed by atoms with Crippen molar-refractivity contribution in [2.75, 3.05) is 26.9 Å². The summed E-state index contributed by atoms with van der Waals surface area (Å²) in [5, 5.41) is 2.92. The number of carbonyl (C=O) groups excluding carboxylic acids is 1. The summed E-state index contributed by atoms with van der Waals surface area (Å²) in [6.45, 7) is 6.31. The Morgan fingerprint density at radius 3 is 2.79 bits per heavy atom. The lowest BCUT2D eigenvalue weighted by molar-refractivity contribution is -0.134. The van der Waals surface area contributed by atoms with Gasteiger partial charge in [-0.2, -0.15) is 0 Å². The second-order valence-corrected chi connectivity index (χ2v) is 3.28. The molecule has 0 aliphatic heterocycles. The van der Waals surface area contributed by atoms with Crippen molar-refractivity contribution in [1.82, 2.24) is 5.32 Å². The van der Waals surface area contributed by atoms with Crippen LogP contribution in [-0.2, 0) is 14.3 Å². The van der Waals surface area contributed by atoms with Crippen molar-refractivity contribution in [1.29, 1.82) is 0 Å². The Labute approximate surface area is 85.3 Å². The number of hydrogen-bond acceptors (Lipinski definition) is 4. The van der Waals surface area contributed by atoms with Crippen LogP contribution in [0.1, 0.15) is 13.8 Å². The first kappa shape index (κ1) is 13.0. The molecule has 0 fully saturated rings. The van der Waals surface area contributed by atoms with Gasteiger partial charge in [-0.3, -0.25) is 0 Å². The second kappa shape index (κ2) is 8.56. The predicted molar refractivity (Wildman–Crippen MR) is 54.8 cm³/mol. The van der Waals surface area contributed by atoms with Crippen LogP contribution in [0.25, 0.3) is 0 Å². The molecule has 0 aromatic rings. The van der Waals surface area contributed by atoms with Gasteiger partial charge in [0.05, 0.1) is 13.7 Å². The fraction of sp³-hybridized carbons (Fsp3) is 0.700. The lowest BCUT2D eigenvalue weighted by Crippen LogP contribution is -2.15. The topological polar surface area (TPSA) is 47.6 Å². The Balaban J connectivity index is 3.21. The minimum absolute atomic E-state index is 0.361. The summed E-state index contributed by atoms with van der Waals surface area (Å²) in [7, 11) is 1.35. The molecule has 0 spiro atoms. The summed E-state index contributed by atoms with van der Waals surface area (Å²) in [5.41, 5.74) is 0. The summed E-state index contributed by atoms with van der Waals surface area (Å²) >= 11 is 0. The van der Waals surface area contributed by atoms with Gasteiger partial charge >= 0.3 is 5.97 Å². The van der Waals surface area contributed by atoms with Gasteiger partial charge in [0.1, 0.15) is 0 Å².